The fourth-order valence-corrected chi connectivity index (χ4v) is 2.25. The number of aromatic nitrogens is 4. The lowest BCUT2D eigenvalue weighted by Gasteiger charge is -2.30. The van der Waals surface area contributed by atoms with Gasteiger partial charge < -0.3 is 0 Å². The molecular weight excluding hydrogens is 248 g/mol. The normalized spacial score (nSPS) is 12.4. The number of rotatable bonds is 5. The molecule has 0 aliphatic carbocycles. The number of nitrogens with zero attached hydrogens (tertiary/aromatic N) is 4. The van der Waals surface area contributed by atoms with Crippen LogP contribution in [0.5, 0.6) is 0 Å². The van der Waals surface area contributed by atoms with Gasteiger partial charge in [-0.05, 0) is 42.0 Å². The van der Waals surface area contributed by atoms with Crippen LogP contribution >= 0.6 is 0 Å². The molecule has 0 spiro atoms. The predicted molar refractivity (Wildman–Crippen MR) is 79.4 cm³/mol. The molecular formula is C16H22N4. The third kappa shape index (κ3) is 3.38. The van der Waals surface area contributed by atoms with Gasteiger partial charge in [-0.1, -0.05) is 27.7 Å². The van der Waals surface area contributed by atoms with E-state index in [9.17, 15) is 0 Å². The molecule has 0 aliphatic heterocycles. The van der Waals surface area contributed by atoms with Gasteiger partial charge in [0.05, 0.1) is 11.9 Å². The van der Waals surface area contributed by atoms with Gasteiger partial charge in [0.25, 0.3) is 0 Å². The van der Waals surface area contributed by atoms with Crippen molar-refractivity contribution in [2.24, 2.45) is 0 Å². The topological polar surface area (TPSA) is 51.6 Å². The molecule has 2 aromatic rings. The van der Waals surface area contributed by atoms with E-state index in [4.69, 9.17) is 0 Å². The van der Waals surface area contributed by atoms with E-state index in [1.54, 1.807) is 12.4 Å². The molecule has 0 unspecified atom stereocenters. The lowest BCUT2D eigenvalue weighted by atomic mass is 9.74. The van der Waals surface area contributed by atoms with Crippen LogP contribution in [0.2, 0.25) is 0 Å². The molecule has 2 heterocycles. The standard InChI is InChI=1S/C16H22N4/c1-15(2,13-7-11-17-19-12-13)8-9-16(3,4)14-6-5-10-18-20-14/h5-7,10-12H,8-9H2,1-4H3. The van der Waals surface area contributed by atoms with E-state index < -0.39 is 0 Å². The average Bonchev–Trinajstić information content (AvgIpc) is 2.47. The summed E-state index contributed by atoms with van der Waals surface area (Å²) >= 11 is 0. The molecule has 106 valence electrons. The Kier molecular flexibility index (Phi) is 4.12. The molecule has 2 aromatic heterocycles. The van der Waals surface area contributed by atoms with Gasteiger partial charge in [0.2, 0.25) is 0 Å². The second-order valence-corrected chi connectivity index (χ2v) is 6.51. The lowest BCUT2D eigenvalue weighted by molar-refractivity contribution is 0.366. The van der Waals surface area contributed by atoms with Crippen LogP contribution in [0.4, 0.5) is 0 Å². The summed E-state index contributed by atoms with van der Waals surface area (Å²) in [4.78, 5) is 0. The highest BCUT2D eigenvalue weighted by atomic mass is 15.1. The first-order valence-corrected chi connectivity index (χ1v) is 6.97. The highest BCUT2D eigenvalue weighted by molar-refractivity contribution is 5.19. The van der Waals surface area contributed by atoms with E-state index in [1.165, 1.54) is 5.56 Å². The molecule has 0 aliphatic rings. The van der Waals surface area contributed by atoms with Crippen molar-refractivity contribution in [2.45, 2.75) is 51.4 Å². The number of hydrogen-bond donors (Lipinski definition) is 0. The van der Waals surface area contributed by atoms with E-state index >= 15 is 0 Å². The molecule has 0 amide bonds. The van der Waals surface area contributed by atoms with E-state index in [2.05, 4.69) is 48.1 Å². The van der Waals surface area contributed by atoms with Crippen LogP contribution < -0.4 is 0 Å². The highest BCUT2D eigenvalue weighted by Gasteiger charge is 2.28. The first-order chi connectivity index (χ1) is 9.42. The highest BCUT2D eigenvalue weighted by Crippen LogP contribution is 2.34. The zero-order valence-corrected chi connectivity index (χ0v) is 12.7. The second-order valence-electron chi connectivity index (χ2n) is 6.51. The molecule has 4 nitrogen and oxygen atoms in total. The third-order valence-corrected chi connectivity index (χ3v) is 4.01. The Labute approximate surface area is 120 Å². The van der Waals surface area contributed by atoms with Crippen LogP contribution in [0.3, 0.4) is 0 Å². The minimum absolute atomic E-state index is 0.0198. The zero-order chi connectivity index (χ0) is 14.6. The van der Waals surface area contributed by atoms with E-state index in [0.717, 1.165) is 18.5 Å². The summed E-state index contributed by atoms with van der Waals surface area (Å²) < 4.78 is 0. The summed E-state index contributed by atoms with van der Waals surface area (Å²) in [5, 5.41) is 16.1. The fraction of sp³-hybridized carbons (Fsp3) is 0.500. The molecule has 0 aromatic carbocycles. The van der Waals surface area contributed by atoms with E-state index in [1.807, 2.05) is 24.4 Å². The van der Waals surface area contributed by atoms with Crippen molar-refractivity contribution in [3.63, 3.8) is 0 Å². The molecule has 0 fully saturated rings. The maximum absolute atomic E-state index is 4.25. The fourth-order valence-electron chi connectivity index (χ4n) is 2.25. The first-order valence-electron chi connectivity index (χ1n) is 6.97. The summed E-state index contributed by atoms with van der Waals surface area (Å²) in [5.41, 5.74) is 2.37. The summed E-state index contributed by atoms with van der Waals surface area (Å²) in [6.07, 6.45) is 7.43. The van der Waals surface area contributed by atoms with Crippen molar-refractivity contribution in [2.75, 3.05) is 0 Å². The van der Waals surface area contributed by atoms with Crippen molar-refractivity contribution in [3.8, 4) is 0 Å². The van der Waals surface area contributed by atoms with Crippen LogP contribution in [-0.2, 0) is 10.8 Å². The molecule has 4 heteroatoms. The molecule has 0 saturated heterocycles. The summed E-state index contributed by atoms with van der Waals surface area (Å²) in [7, 11) is 0. The second kappa shape index (κ2) is 5.65. The van der Waals surface area contributed by atoms with Crippen LogP contribution in [0, 0.1) is 0 Å². The summed E-state index contributed by atoms with van der Waals surface area (Å²) in [6.45, 7) is 8.93. The monoisotopic (exact) mass is 270 g/mol. The first kappa shape index (κ1) is 14.6. The maximum atomic E-state index is 4.25. The number of hydrogen-bond acceptors (Lipinski definition) is 4. The van der Waals surface area contributed by atoms with E-state index in [-0.39, 0.29) is 10.8 Å². The Balaban J connectivity index is 2.08. The van der Waals surface area contributed by atoms with Crippen molar-refractivity contribution in [3.05, 3.63) is 48.0 Å². The van der Waals surface area contributed by atoms with Gasteiger partial charge in [0, 0.05) is 17.8 Å². The molecule has 0 bridgehead atoms. The van der Waals surface area contributed by atoms with E-state index in [0.29, 0.717) is 0 Å². The third-order valence-electron chi connectivity index (χ3n) is 4.01. The van der Waals surface area contributed by atoms with Crippen molar-refractivity contribution in [1.82, 2.24) is 20.4 Å². The largest absolute Gasteiger partial charge is 0.159 e. The van der Waals surface area contributed by atoms with Crippen LogP contribution in [-0.4, -0.2) is 20.4 Å². The predicted octanol–water partition coefficient (Wildman–Crippen LogP) is 3.30. The van der Waals surface area contributed by atoms with Crippen molar-refractivity contribution < 1.29 is 0 Å². The van der Waals surface area contributed by atoms with Gasteiger partial charge in [-0.3, -0.25) is 0 Å². The molecule has 0 N–H and O–H groups in total. The molecule has 0 saturated carbocycles. The minimum Gasteiger partial charge on any atom is -0.159 e. The van der Waals surface area contributed by atoms with Gasteiger partial charge in [0.1, 0.15) is 0 Å². The summed E-state index contributed by atoms with van der Waals surface area (Å²) in [5.74, 6) is 0. The Morgan fingerprint density at radius 2 is 1.60 bits per heavy atom. The van der Waals surface area contributed by atoms with Gasteiger partial charge in [0.15, 0.2) is 0 Å². The average molecular weight is 270 g/mol. The quantitative estimate of drug-likeness (QED) is 0.836. The Hall–Kier alpha value is -1.84. The van der Waals surface area contributed by atoms with Crippen LogP contribution in [0.1, 0.15) is 51.8 Å². The smallest absolute Gasteiger partial charge is 0.0687 e. The molecule has 0 radical (unpaired) electrons. The minimum atomic E-state index is 0.0198. The van der Waals surface area contributed by atoms with Gasteiger partial charge >= 0.3 is 0 Å². The zero-order valence-electron chi connectivity index (χ0n) is 12.7. The lowest BCUT2D eigenvalue weighted by Crippen LogP contribution is -2.25. The van der Waals surface area contributed by atoms with Gasteiger partial charge in [-0.15, -0.1) is 0 Å². The Bertz CT molecular complexity index is 483. The Morgan fingerprint density at radius 1 is 0.850 bits per heavy atom. The van der Waals surface area contributed by atoms with Crippen LogP contribution in [0.25, 0.3) is 0 Å². The Morgan fingerprint density at radius 3 is 2.20 bits per heavy atom. The molecule has 2 rings (SSSR count). The van der Waals surface area contributed by atoms with Crippen molar-refractivity contribution >= 4 is 0 Å². The maximum Gasteiger partial charge on any atom is 0.0687 e. The van der Waals surface area contributed by atoms with Gasteiger partial charge in [-0.2, -0.15) is 20.4 Å². The van der Waals surface area contributed by atoms with Crippen molar-refractivity contribution in [1.29, 1.82) is 0 Å². The molecule has 0 atom stereocenters. The van der Waals surface area contributed by atoms with Gasteiger partial charge in [-0.25, -0.2) is 0 Å². The summed E-state index contributed by atoms with van der Waals surface area (Å²) in [6, 6.07) is 6.04. The molecule has 20 heavy (non-hydrogen) atoms. The SMILES string of the molecule is CC(C)(CCC(C)(C)c1cccnn1)c1ccnnc1. The van der Waals surface area contributed by atoms with Crippen LogP contribution in [0.15, 0.2) is 36.8 Å².